The van der Waals surface area contributed by atoms with E-state index in [0.29, 0.717) is 6.04 Å². The van der Waals surface area contributed by atoms with Crippen LogP contribution >= 0.6 is 11.3 Å². The number of hydrogen-bond acceptors (Lipinski definition) is 4. The fourth-order valence-corrected chi connectivity index (χ4v) is 3.68. The van der Waals surface area contributed by atoms with Crippen LogP contribution in [0.5, 0.6) is 0 Å². The molecule has 0 unspecified atom stereocenters. The van der Waals surface area contributed by atoms with Gasteiger partial charge in [0, 0.05) is 51.2 Å². The minimum Gasteiger partial charge on any atom is -0.300 e. The first-order chi connectivity index (χ1) is 10.3. The Hall–Kier alpha value is -1.23. The highest BCUT2D eigenvalue weighted by molar-refractivity contribution is 7.07. The molecule has 0 aliphatic carbocycles. The van der Waals surface area contributed by atoms with Crippen LogP contribution in [0.3, 0.4) is 0 Å². The van der Waals surface area contributed by atoms with Gasteiger partial charge >= 0.3 is 0 Å². The van der Waals surface area contributed by atoms with Crippen LogP contribution in [0, 0.1) is 0 Å². The summed E-state index contributed by atoms with van der Waals surface area (Å²) >= 11 is 1.80. The van der Waals surface area contributed by atoms with Gasteiger partial charge in [-0.2, -0.15) is 11.3 Å². The molecule has 0 radical (unpaired) electrons. The first-order valence-electron chi connectivity index (χ1n) is 7.70. The molecule has 2 aromatic rings. The maximum absolute atomic E-state index is 4.19. The molecular weight excluding hydrogens is 278 g/mol. The molecule has 0 amide bonds. The quantitative estimate of drug-likeness (QED) is 0.846. The van der Waals surface area contributed by atoms with Crippen LogP contribution in [0.15, 0.2) is 41.4 Å². The maximum Gasteiger partial charge on any atom is 0.0329 e. The minimum absolute atomic E-state index is 0.553. The van der Waals surface area contributed by atoms with Crippen LogP contribution in [0.25, 0.3) is 0 Å². The van der Waals surface area contributed by atoms with Gasteiger partial charge in [0.1, 0.15) is 0 Å². The van der Waals surface area contributed by atoms with Crippen LogP contribution in [0.2, 0.25) is 0 Å². The van der Waals surface area contributed by atoms with Crippen LogP contribution in [-0.2, 0) is 6.42 Å². The van der Waals surface area contributed by atoms with Gasteiger partial charge in [0.2, 0.25) is 0 Å². The van der Waals surface area contributed by atoms with Crippen molar-refractivity contribution in [1.29, 1.82) is 0 Å². The summed E-state index contributed by atoms with van der Waals surface area (Å²) < 4.78 is 0. The van der Waals surface area contributed by atoms with Crippen molar-refractivity contribution in [2.45, 2.75) is 19.4 Å². The maximum atomic E-state index is 4.19. The van der Waals surface area contributed by atoms with Gasteiger partial charge in [-0.3, -0.25) is 9.88 Å². The van der Waals surface area contributed by atoms with Gasteiger partial charge in [-0.1, -0.05) is 6.07 Å². The smallest absolute Gasteiger partial charge is 0.0329 e. The molecule has 0 aromatic carbocycles. The lowest BCUT2D eigenvalue weighted by atomic mass is 10.1. The number of hydrogen-bond donors (Lipinski definition) is 0. The number of piperazine rings is 1. The molecule has 21 heavy (non-hydrogen) atoms. The van der Waals surface area contributed by atoms with Crippen molar-refractivity contribution in [3.63, 3.8) is 0 Å². The summed E-state index contributed by atoms with van der Waals surface area (Å²) in [5.41, 5.74) is 2.80. The Balaban J connectivity index is 1.45. The zero-order valence-corrected chi connectivity index (χ0v) is 13.4. The number of nitrogens with zero attached hydrogens (tertiary/aromatic N) is 3. The van der Waals surface area contributed by atoms with Gasteiger partial charge in [-0.25, -0.2) is 0 Å². The molecule has 3 rings (SSSR count). The lowest BCUT2D eigenvalue weighted by Crippen LogP contribution is -2.47. The first kappa shape index (κ1) is 14.7. The van der Waals surface area contributed by atoms with E-state index in [1.54, 1.807) is 11.3 Å². The molecule has 0 saturated carbocycles. The number of thiophene rings is 1. The number of pyridine rings is 1. The van der Waals surface area contributed by atoms with Crippen LogP contribution in [0.1, 0.15) is 24.1 Å². The summed E-state index contributed by atoms with van der Waals surface area (Å²) in [6.45, 7) is 8.16. The molecule has 1 atom stereocenters. The average Bonchev–Trinajstić information content (AvgIpc) is 3.08. The lowest BCUT2D eigenvalue weighted by molar-refractivity contribution is 0.103. The first-order valence-corrected chi connectivity index (χ1v) is 8.64. The summed E-state index contributed by atoms with van der Waals surface area (Å²) in [6.07, 6.45) is 4.93. The standard InChI is InChI=1S/C17H23N3S/c1-15(17-5-12-21-14-17)20-10-8-19(9-11-20)7-4-16-3-2-6-18-13-16/h2-3,5-6,12-15H,4,7-11H2,1H3/t15-/m0/s1. The average molecular weight is 301 g/mol. The molecule has 1 aliphatic heterocycles. The van der Waals surface area contributed by atoms with E-state index in [1.807, 2.05) is 18.5 Å². The largest absolute Gasteiger partial charge is 0.300 e. The van der Waals surface area contributed by atoms with E-state index < -0.39 is 0 Å². The fourth-order valence-electron chi connectivity index (χ4n) is 2.93. The third-order valence-corrected chi connectivity index (χ3v) is 5.12. The SMILES string of the molecule is C[C@@H](c1ccsc1)N1CCN(CCc2cccnc2)CC1. The highest BCUT2D eigenvalue weighted by Crippen LogP contribution is 2.23. The number of aromatic nitrogens is 1. The van der Waals surface area contributed by atoms with Crippen molar-refractivity contribution in [3.05, 3.63) is 52.5 Å². The zero-order chi connectivity index (χ0) is 14.5. The van der Waals surface area contributed by atoms with Gasteiger partial charge in [0.05, 0.1) is 0 Å². The second kappa shape index (κ2) is 7.16. The molecule has 4 heteroatoms. The Kier molecular flexibility index (Phi) is 5.01. The van der Waals surface area contributed by atoms with Gasteiger partial charge in [0.25, 0.3) is 0 Å². The monoisotopic (exact) mass is 301 g/mol. The van der Waals surface area contributed by atoms with Crippen molar-refractivity contribution in [3.8, 4) is 0 Å². The molecule has 0 spiro atoms. The van der Waals surface area contributed by atoms with E-state index in [-0.39, 0.29) is 0 Å². The summed E-state index contributed by atoms with van der Waals surface area (Å²) in [5, 5.41) is 4.45. The molecule has 1 fully saturated rings. The second-order valence-corrected chi connectivity index (χ2v) is 6.50. The van der Waals surface area contributed by atoms with E-state index in [1.165, 1.54) is 37.3 Å². The Bertz CT molecular complexity index is 518. The molecule has 1 aliphatic rings. The van der Waals surface area contributed by atoms with E-state index in [9.17, 15) is 0 Å². The second-order valence-electron chi connectivity index (χ2n) is 5.72. The van der Waals surface area contributed by atoms with Gasteiger partial charge in [-0.05, 0) is 47.4 Å². The van der Waals surface area contributed by atoms with E-state index in [2.05, 4.69) is 44.6 Å². The Morgan fingerprint density at radius 2 is 2.10 bits per heavy atom. The third kappa shape index (κ3) is 3.90. The normalized spacial score (nSPS) is 18.7. The topological polar surface area (TPSA) is 19.4 Å². The van der Waals surface area contributed by atoms with Crippen molar-refractivity contribution >= 4 is 11.3 Å². The van der Waals surface area contributed by atoms with Crippen molar-refractivity contribution in [1.82, 2.24) is 14.8 Å². The van der Waals surface area contributed by atoms with Crippen molar-refractivity contribution in [2.24, 2.45) is 0 Å². The lowest BCUT2D eigenvalue weighted by Gasteiger charge is -2.38. The van der Waals surface area contributed by atoms with Crippen molar-refractivity contribution in [2.75, 3.05) is 32.7 Å². The van der Waals surface area contributed by atoms with Crippen LogP contribution < -0.4 is 0 Å². The Morgan fingerprint density at radius 1 is 1.24 bits per heavy atom. The Labute approximate surface area is 131 Å². The predicted molar refractivity (Wildman–Crippen MR) is 88.7 cm³/mol. The number of rotatable bonds is 5. The molecular formula is C17H23N3S. The van der Waals surface area contributed by atoms with E-state index >= 15 is 0 Å². The Morgan fingerprint density at radius 3 is 2.76 bits per heavy atom. The molecule has 2 aromatic heterocycles. The molecule has 3 nitrogen and oxygen atoms in total. The molecule has 112 valence electrons. The van der Waals surface area contributed by atoms with E-state index in [0.717, 1.165) is 13.0 Å². The molecule has 1 saturated heterocycles. The minimum atomic E-state index is 0.553. The van der Waals surface area contributed by atoms with Gasteiger partial charge in [0.15, 0.2) is 0 Å². The summed E-state index contributed by atoms with van der Waals surface area (Å²) in [4.78, 5) is 9.36. The van der Waals surface area contributed by atoms with Crippen LogP contribution in [-0.4, -0.2) is 47.5 Å². The zero-order valence-electron chi connectivity index (χ0n) is 12.6. The molecule has 3 heterocycles. The highest BCUT2D eigenvalue weighted by Gasteiger charge is 2.21. The summed E-state index contributed by atoms with van der Waals surface area (Å²) in [7, 11) is 0. The van der Waals surface area contributed by atoms with Gasteiger partial charge < -0.3 is 4.90 Å². The fraction of sp³-hybridized carbons (Fsp3) is 0.471. The summed E-state index contributed by atoms with van der Waals surface area (Å²) in [5.74, 6) is 0. The van der Waals surface area contributed by atoms with Crippen LogP contribution in [0.4, 0.5) is 0 Å². The third-order valence-electron chi connectivity index (χ3n) is 4.42. The summed E-state index contributed by atoms with van der Waals surface area (Å²) in [6, 6.07) is 7.00. The van der Waals surface area contributed by atoms with Gasteiger partial charge in [-0.15, -0.1) is 0 Å². The van der Waals surface area contributed by atoms with Crippen molar-refractivity contribution < 1.29 is 0 Å². The highest BCUT2D eigenvalue weighted by atomic mass is 32.1. The predicted octanol–water partition coefficient (Wildman–Crippen LogP) is 3.06. The molecule has 0 N–H and O–H groups in total. The molecule has 0 bridgehead atoms. The van der Waals surface area contributed by atoms with E-state index in [4.69, 9.17) is 0 Å².